The Morgan fingerprint density at radius 3 is 2.64 bits per heavy atom. The van der Waals surface area contributed by atoms with Crippen molar-refractivity contribution in [3.8, 4) is 22.6 Å². The number of aromatic amines is 2. The van der Waals surface area contributed by atoms with Crippen LogP contribution in [-0.2, 0) is 6.54 Å². The van der Waals surface area contributed by atoms with Crippen LogP contribution in [0.15, 0.2) is 79.7 Å². The van der Waals surface area contributed by atoms with Crippen LogP contribution in [0.2, 0.25) is 0 Å². The van der Waals surface area contributed by atoms with Crippen molar-refractivity contribution < 1.29 is 4.39 Å². The molecule has 3 aromatic heterocycles. The van der Waals surface area contributed by atoms with Gasteiger partial charge in [0.15, 0.2) is 5.82 Å². The molecule has 196 valence electrons. The normalized spacial score (nSPS) is 14.7. The van der Waals surface area contributed by atoms with E-state index in [0.29, 0.717) is 5.82 Å². The Morgan fingerprint density at radius 1 is 1.03 bits per heavy atom. The van der Waals surface area contributed by atoms with Gasteiger partial charge in [-0.05, 0) is 79.9 Å². The first-order valence-corrected chi connectivity index (χ1v) is 13.4. The van der Waals surface area contributed by atoms with Gasteiger partial charge in [-0.25, -0.2) is 9.37 Å². The largest absolute Gasteiger partial charge is 0.340 e. The highest BCUT2D eigenvalue weighted by Gasteiger charge is 2.18. The Hall–Kier alpha value is -4.36. The van der Waals surface area contributed by atoms with Gasteiger partial charge in [-0.3, -0.25) is 15.0 Å². The van der Waals surface area contributed by atoms with E-state index >= 15 is 0 Å². The van der Waals surface area contributed by atoms with Crippen molar-refractivity contribution in [2.45, 2.75) is 32.7 Å². The van der Waals surface area contributed by atoms with E-state index in [0.717, 1.165) is 69.9 Å². The van der Waals surface area contributed by atoms with E-state index in [4.69, 9.17) is 4.98 Å². The number of benzene rings is 2. The molecule has 2 aromatic carbocycles. The van der Waals surface area contributed by atoms with Gasteiger partial charge in [-0.15, -0.1) is 0 Å². The summed E-state index contributed by atoms with van der Waals surface area (Å²) in [5, 5.41) is 8.73. The molecule has 0 saturated carbocycles. The summed E-state index contributed by atoms with van der Waals surface area (Å²) in [6, 6.07) is 15.0. The third kappa shape index (κ3) is 5.18. The molecule has 0 aliphatic carbocycles. The van der Waals surface area contributed by atoms with E-state index < -0.39 is 0 Å². The molecule has 1 aliphatic rings. The van der Waals surface area contributed by atoms with Gasteiger partial charge in [-0.1, -0.05) is 43.4 Å². The first-order valence-electron chi connectivity index (χ1n) is 13.4. The molecule has 6 rings (SSSR count). The minimum Gasteiger partial charge on any atom is -0.340 e. The van der Waals surface area contributed by atoms with Crippen LogP contribution in [0.5, 0.6) is 0 Å². The number of H-pyrrole nitrogens is 2. The number of halogens is 1. The smallest absolute Gasteiger partial charge is 0.159 e. The van der Waals surface area contributed by atoms with Gasteiger partial charge in [0, 0.05) is 41.2 Å². The van der Waals surface area contributed by atoms with Crippen molar-refractivity contribution in [2.75, 3.05) is 13.1 Å². The highest BCUT2D eigenvalue weighted by atomic mass is 19.1. The fraction of sp³-hybridized carbons (Fsp3) is 0.219. The molecule has 0 radical (unpaired) electrons. The van der Waals surface area contributed by atoms with Gasteiger partial charge >= 0.3 is 0 Å². The van der Waals surface area contributed by atoms with Crippen molar-refractivity contribution in [3.63, 3.8) is 0 Å². The Balaban J connectivity index is 1.34. The number of allylic oxidation sites excluding steroid dienone is 2. The fourth-order valence-electron chi connectivity index (χ4n) is 5.38. The number of imidazole rings is 1. The van der Waals surface area contributed by atoms with Crippen LogP contribution >= 0.6 is 0 Å². The predicted molar refractivity (Wildman–Crippen MR) is 154 cm³/mol. The van der Waals surface area contributed by atoms with Gasteiger partial charge in [0.25, 0.3) is 0 Å². The van der Waals surface area contributed by atoms with Crippen LogP contribution in [-0.4, -0.2) is 43.1 Å². The fourth-order valence-corrected chi connectivity index (χ4v) is 5.38. The standard InChI is InChI=1S/C32H31FN6/c1-3-7-27(23-8-11-26(33)12-9-23)30-21(2)35-32(36-30)31-28-17-24(10-13-29(28)37-38-31)25-16-22(18-34-19-25)20-39-14-5-4-6-15-39/h3,7-13,16-19H,1,4-6,14-15,20H2,2H3,(H,35,36)(H,37,38)/b27-7-. The number of piperidine rings is 1. The molecule has 0 atom stereocenters. The molecule has 0 unspecified atom stereocenters. The Labute approximate surface area is 227 Å². The monoisotopic (exact) mass is 518 g/mol. The second kappa shape index (κ2) is 10.8. The maximum Gasteiger partial charge on any atom is 0.159 e. The Kier molecular flexibility index (Phi) is 6.90. The minimum absolute atomic E-state index is 0.276. The van der Waals surface area contributed by atoms with Gasteiger partial charge in [0.2, 0.25) is 0 Å². The number of hydrogen-bond donors (Lipinski definition) is 2. The molecule has 4 heterocycles. The molecule has 39 heavy (non-hydrogen) atoms. The maximum absolute atomic E-state index is 13.6. The quantitative estimate of drug-likeness (QED) is 0.226. The number of likely N-dealkylation sites (tertiary alicyclic amines) is 1. The second-order valence-corrected chi connectivity index (χ2v) is 10.1. The van der Waals surface area contributed by atoms with Crippen molar-refractivity contribution in [1.29, 1.82) is 0 Å². The van der Waals surface area contributed by atoms with E-state index in [1.165, 1.54) is 37.0 Å². The average molecular weight is 519 g/mol. The SMILES string of the molecule is C=C/C=C(/c1ccc(F)cc1)c1nc(-c2n[nH]c3ccc(-c4cncc(CN5CCCCC5)c4)cc23)[nH]c1C. The molecule has 5 aromatic rings. The number of hydrogen-bond acceptors (Lipinski definition) is 4. The van der Waals surface area contributed by atoms with E-state index in [-0.39, 0.29) is 5.82 Å². The highest BCUT2D eigenvalue weighted by Crippen LogP contribution is 2.32. The second-order valence-electron chi connectivity index (χ2n) is 10.1. The number of aryl methyl sites for hydroxylation is 1. The zero-order chi connectivity index (χ0) is 26.8. The van der Waals surface area contributed by atoms with E-state index in [2.05, 4.69) is 55.9 Å². The van der Waals surface area contributed by atoms with Crippen LogP contribution in [0.1, 0.15) is 41.8 Å². The lowest BCUT2D eigenvalue weighted by Crippen LogP contribution is -2.29. The predicted octanol–water partition coefficient (Wildman–Crippen LogP) is 7.07. The number of aromatic nitrogens is 5. The molecule has 0 amide bonds. The van der Waals surface area contributed by atoms with Crippen molar-refractivity contribution >= 4 is 16.5 Å². The third-order valence-electron chi connectivity index (χ3n) is 7.35. The summed E-state index contributed by atoms with van der Waals surface area (Å²) in [6.07, 6.45) is 11.4. The Bertz CT molecular complexity index is 1650. The molecule has 1 saturated heterocycles. The van der Waals surface area contributed by atoms with Crippen molar-refractivity contribution in [3.05, 3.63) is 108 Å². The maximum atomic E-state index is 13.6. The van der Waals surface area contributed by atoms with Crippen LogP contribution < -0.4 is 0 Å². The molecule has 2 N–H and O–H groups in total. The van der Waals surface area contributed by atoms with Crippen LogP contribution in [0, 0.1) is 12.7 Å². The van der Waals surface area contributed by atoms with E-state index in [1.54, 1.807) is 18.2 Å². The van der Waals surface area contributed by atoms with Gasteiger partial charge in [0.05, 0.1) is 11.2 Å². The summed E-state index contributed by atoms with van der Waals surface area (Å²) in [4.78, 5) is 15.4. The number of nitrogens with zero attached hydrogens (tertiary/aromatic N) is 4. The third-order valence-corrected chi connectivity index (χ3v) is 7.35. The number of pyridine rings is 1. The number of nitrogens with one attached hydrogen (secondary N) is 2. The van der Waals surface area contributed by atoms with Crippen LogP contribution in [0.3, 0.4) is 0 Å². The summed E-state index contributed by atoms with van der Waals surface area (Å²) in [7, 11) is 0. The molecule has 0 spiro atoms. The van der Waals surface area contributed by atoms with Crippen molar-refractivity contribution in [2.24, 2.45) is 0 Å². The molecular formula is C32H31FN6. The molecule has 6 nitrogen and oxygen atoms in total. The summed E-state index contributed by atoms with van der Waals surface area (Å²) < 4.78 is 13.6. The summed E-state index contributed by atoms with van der Waals surface area (Å²) in [6.45, 7) is 9.09. The zero-order valence-corrected chi connectivity index (χ0v) is 22.0. The van der Waals surface area contributed by atoms with Gasteiger partial charge < -0.3 is 4.98 Å². The lowest BCUT2D eigenvalue weighted by atomic mass is 10.0. The minimum atomic E-state index is -0.276. The topological polar surface area (TPSA) is 73.5 Å². The molecule has 0 bridgehead atoms. The zero-order valence-electron chi connectivity index (χ0n) is 22.0. The summed E-state index contributed by atoms with van der Waals surface area (Å²) in [5.41, 5.74) is 8.48. The molecular weight excluding hydrogens is 487 g/mol. The van der Waals surface area contributed by atoms with Crippen LogP contribution in [0.25, 0.3) is 39.1 Å². The number of rotatable bonds is 7. The lowest BCUT2D eigenvalue weighted by molar-refractivity contribution is 0.220. The van der Waals surface area contributed by atoms with E-state index in [9.17, 15) is 4.39 Å². The van der Waals surface area contributed by atoms with Gasteiger partial charge in [0.1, 0.15) is 11.5 Å². The first kappa shape index (κ1) is 24.9. The molecule has 1 fully saturated rings. The Morgan fingerprint density at radius 2 is 1.85 bits per heavy atom. The van der Waals surface area contributed by atoms with Crippen LogP contribution in [0.4, 0.5) is 4.39 Å². The summed E-state index contributed by atoms with van der Waals surface area (Å²) >= 11 is 0. The van der Waals surface area contributed by atoms with Crippen molar-refractivity contribution in [1.82, 2.24) is 30.0 Å². The first-order chi connectivity index (χ1) is 19.1. The highest BCUT2D eigenvalue weighted by molar-refractivity contribution is 5.94. The number of fused-ring (bicyclic) bond motifs is 1. The average Bonchev–Trinajstić information content (AvgIpc) is 3.56. The lowest BCUT2D eigenvalue weighted by Gasteiger charge is -2.26. The molecule has 1 aliphatic heterocycles. The molecule has 7 heteroatoms. The van der Waals surface area contributed by atoms with E-state index in [1.807, 2.05) is 25.4 Å². The summed E-state index contributed by atoms with van der Waals surface area (Å²) in [5.74, 6) is 0.391. The van der Waals surface area contributed by atoms with Gasteiger partial charge in [-0.2, -0.15) is 5.10 Å².